The Morgan fingerprint density at radius 3 is 2.67 bits per heavy atom. The van der Waals surface area contributed by atoms with Gasteiger partial charge in [0.2, 0.25) is 5.91 Å². The second-order valence-electron chi connectivity index (χ2n) is 7.02. The van der Waals surface area contributed by atoms with Crippen molar-refractivity contribution in [2.75, 3.05) is 39.3 Å². The number of piperazine rings is 1. The predicted octanol–water partition coefficient (Wildman–Crippen LogP) is 1.95. The lowest BCUT2D eigenvalue weighted by atomic mass is 10.2. The van der Waals surface area contributed by atoms with Gasteiger partial charge in [-0.05, 0) is 53.4 Å². The van der Waals surface area contributed by atoms with Crippen molar-refractivity contribution in [2.45, 2.75) is 32.4 Å². The highest BCUT2D eigenvalue weighted by molar-refractivity contribution is 9.10. The second kappa shape index (κ2) is 9.50. The first kappa shape index (κ1) is 20.1. The Morgan fingerprint density at radius 1 is 1.30 bits per heavy atom. The zero-order valence-electron chi connectivity index (χ0n) is 15.7. The molecule has 1 aromatic rings. The average molecular weight is 440 g/mol. The van der Waals surface area contributed by atoms with E-state index in [9.17, 15) is 9.18 Å². The first-order chi connectivity index (χ1) is 13.0. The third-order valence-corrected chi connectivity index (χ3v) is 5.35. The molecule has 6 nitrogen and oxygen atoms in total. The maximum atomic E-state index is 13.7. The lowest BCUT2D eigenvalue weighted by Gasteiger charge is -2.36. The molecule has 0 radical (unpaired) electrons. The molecule has 0 atom stereocenters. The standard InChI is InChI=1S/C19H27BrFN5O/c1-2-22-19(23-12-18(27)24-15-4-5-15)26-9-7-25(8-10-26)13-14-3-6-16(20)17(21)11-14/h3,6,11,15H,2,4-5,7-10,12-13H2,1H3,(H,22,23)(H,24,27). The Labute approximate surface area is 168 Å². The van der Waals surface area contributed by atoms with Crippen LogP contribution in [0.3, 0.4) is 0 Å². The molecule has 148 valence electrons. The summed E-state index contributed by atoms with van der Waals surface area (Å²) in [5, 5.41) is 6.24. The topological polar surface area (TPSA) is 60.0 Å². The van der Waals surface area contributed by atoms with Gasteiger partial charge in [-0.15, -0.1) is 0 Å². The van der Waals surface area contributed by atoms with Crippen molar-refractivity contribution < 1.29 is 9.18 Å². The van der Waals surface area contributed by atoms with Gasteiger partial charge in [-0.25, -0.2) is 9.38 Å². The van der Waals surface area contributed by atoms with Crippen molar-refractivity contribution in [1.29, 1.82) is 0 Å². The molecule has 0 unspecified atom stereocenters. The van der Waals surface area contributed by atoms with Gasteiger partial charge < -0.3 is 15.5 Å². The number of rotatable bonds is 6. The van der Waals surface area contributed by atoms with Gasteiger partial charge in [-0.3, -0.25) is 9.69 Å². The SMILES string of the molecule is CCNC(=NCC(=O)NC1CC1)N1CCN(Cc2ccc(Br)c(F)c2)CC1. The fourth-order valence-electron chi connectivity index (χ4n) is 3.09. The summed E-state index contributed by atoms with van der Waals surface area (Å²) < 4.78 is 14.2. The number of aliphatic imine (C=N–C) groups is 1. The number of guanidine groups is 1. The number of halogens is 2. The summed E-state index contributed by atoms with van der Waals surface area (Å²) in [7, 11) is 0. The third-order valence-electron chi connectivity index (χ3n) is 4.71. The first-order valence-corrected chi connectivity index (χ1v) is 10.3. The molecular formula is C19H27BrFN5O. The summed E-state index contributed by atoms with van der Waals surface area (Å²) in [5.74, 6) is 0.554. The fraction of sp³-hybridized carbons (Fsp3) is 0.579. The van der Waals surface area contributed by atoms with E-state index in [0.29, 0.717) is 10.5 Å². The van der Waals surface area contributed by atoms with Gasteiger partial charge in [0.1, 0.15) is 12.4 Å². The van der Waals surface area contributed by atoms with E-state index in [-0.39, 0.29) is 18.3 Å². The summed E-state index contributed by atoms with van der Waals surface area (Å²) >= 11 is 3.19. The van der Waals surface area contributed by atoms with Crippen LogP contribution in [0.2, 0.25) is 0 Å². The molecule has 1 saturated carbocycles. The van der Waals surface area contributed by atoms with Gasteiger partial charge in [-0.1, -0.05) is 6.07 Å². The van der Waals surface area contributed by atoms with E-state index in [2.05, 4.69) is 41.4 Å². The Morgan fingerprint density at radius 2 is 2.04 bits per heavy atom. The van der Waals surface area contributed by atoms with Crippen molar-refractivity contribution in [3.8, 4) is 0 Å². The van der Waals surface area contributed by atoms with Gasteiger partial charge >= 0.3 is 0 Å². The van der Waals surface area contributed by atoms with Crippen LogP contribution < -0.4 is 10.6 Å². The monoisotopic (exact) mass is 439 g/mol. The lowest BCUT2D eigenvalue weighted by Crippen LogP contribution is -2.52. The van der Waals surface area contributed by atoms with Crippen molar-refractivity contribution in [2.24, 2.45) is 4.99 Å². The molecule has 27 heavy (non-hydrogen) atoms. The van der Waals surface area contributed by atoms with Crippen molar-refractivity contribution in [3.05, 3.63) is 34.1 Å². The van der Waals surface area contributed by atoms with Crippen LogP contribution in [0.25, 0.3) is 0 Å². The Balaban J connectivity index is 1.50. The van der Waals surface area contributed by atoms with E-state index in [1.807, 2.05) is 13.0 Å². The summed E-state index contributed by atoms with van der Waals surface area (Å²) in [6.07, 6.45) is 2.17. The maximum absolute atomic E-state index is 13.7. The van der Waals surface area contributed by atoms with Crippen LogP contribution in [0.4, 0.5) is 4.39 Å². The van der Waals surface area contributed by atoms with Gasteiger partial charge in [0.25, 0.3) is 0 Å². The highest BCUT2D eigenvalue weighted by Crippen LogP contribution is 2.19. The molecule has 0 bridgehead atoms. The number of carbonyl (C=O) groups is 1. The van der Waals surface area contributed by atoms with Gasteiger partial charge in [0, 0.05) is 45.3 Å². The number of amides is 1. The molecule has 3 rings (SSSR count). The number of carbonyl (C=O) groups excluding carboxylic acids is 1. The number of nitrogens with one attached hydrogen (secondary N) is 2. The van der Waals surface area contributed by atoms with Crippen molar-refractivity contribution in [3.63, 3.8) is 0 Å². The molecule has 2 N–H and O–H groups in total. The molecule has 1 aliphatic heterocycles. The van der Waals surface area contributed by atoms with Crippen LogP contribution >= 0.6 is 15.9 Å². The van der Waals surface area contributed by atoms with Gasteiger partial charge in [0.05, 0.1) is 4.47 Å². The Hall–Kier alpha value is -1.67. The van der Waals surface area contributed by atoms with E-state index in [1.54, 1.807) is 12.1 Å². The molecule has 8 heteroatoms. The molecule has 2 aliphatic rings. The lowest BCUT2D eigenvalue weighted by molar-refractivity contribution is -0.119. The Kier molecular flexibility index (Phi) is 7.07. The van der Waals surface area contributed by atoms with Crippen LogP contribution in [0.15, 0.2) is 27.7 Å². The minimum atomic E-state index is -0.225. The van der Waals surface area contributed by atoms with Crippen molar-refractivity contribution >= 4 is 27.8 Å². The van der Waals surface area contributed by atoms with Crippen molar-refractivity contribution in [1.82, 2.24) is 20.4 Å². The molecule has 0 aromatic heterocycles. The van der Waals surface area contributed by atoms with Crippen LogP contribution in [0.1, 0.15) is 25.3 Å². The van der Waals surface area contributed by atoms with Crippen LogP contribution in [-0.2, 0) is 11.3 Å². The maximum Gasteiger partial charge on any atom is 0.242 e. The minimum absolute atomic E-state index is 0.0104. The van der Waals surface area contributed by atoms with Crippen LogP contribution in [0.5, 0.6) is 0 Å². The highest BCUT2D eigenvalue weighted by atomic mass is 79.9. The van der Waals surface area contributed by atoms with Crippen LogP contribution in [0, 0.1) is 5.82 Å². The van der Waals surface area contributed by atoms with E-state index < -0.39 is 0 Å². The number of benzene rings is 1. The molecule has 1 heterocycles. The Bertz CT molecular complexity index is 687. The molecular weight excluding hydrogens is 413 g/mol. The van der Waals surface area contributed by atoms with E-state index in [4.69, 9.17) is 0 Å². The smallest absolute Gasteiger partial charge is 0.242 e. The second-order valence-corrected chi connectivity index (χ2v) is 7.88. The zero-order chi connectivity index (χ0) is 19.2. The molecule has 0 spiro atoms. The quantitative estimate of drug-likeness (QED) is 0.525. The number of nitrogens with zero attached hydrogens (tertiary/aromatic N) is 3. The summed E-state index contributed by atoms with van der Waals surface area (Å²) in [6, 6.07) is 5.65. The first-order valence-electron chi connectivity index (χ1n) is 9.54. The molecule has 1 aliphatic carbocycles. The summed E-state index contributed by atoms with van der Waals surface area (Å²) in [4.78, 5) is 20.9. The molecule has 2 fully saturated rings. The molecule has 1 amide bonds. The normalized spacial score (nSPS) is 18.5. The number of hydrogen-bond acceptors (Lipinski definition) is 3. The van der Waals surface area contributed by atoms with Crippen LogP contribution in [-0.4, -0.2) is 67.0 Å². The molecule has 1 aromatic carbocycles. The van der Waals surface area contributed by atoms with Gasteiger partial charge in [0.15, 0.2) is 5.96 Å². The summed E-state index contributed by atoms with van der Waals surface area (Å²) in [6.45, 7) is 7.09. The zero-order valence-corrected chi connectivity index (χ0v) is 17.3. The van der Waals surface area contributed by atoms with E-state index >= 15 is 0 Å². The average Bonchev–Trinajstić information content (AvgIpc) is 3.46. The predicted molar refractivity (Wildman–Crippen MR) is 108 cm³/mol. The fourth-order valence-corrected chi connectivity index (χ4v) is 3.33. The van der Waals surface area contributed by atoms with Gasteiger partial charge in [-0.2, -0.15) is 0 Å². The third kappa shape index (κ3) is 6.17. The minimum Gasteiger partial charge on any atom is -0.357 e. The van der Waals surface area contributed by atoms with E-state index in [0.717, 1.165) is 63.6 Å². The number of hydrogen-bond donors (Lipinski definition) is 2. The largest absolute Gasteiger partial charge is 0.357 e. The summed E-state index contributed by atoms with van der Waals surface area (Å²) in [5.41, 5.74) is 0.974. The highest BCUT2D eigenvalue weighted by Gasteiger charge is 2.24. The molecule has 1 saturated heterocycles. The van der Waals surface area contributed by atoms with E-state index in [1.165, 1.54) is 0 Å².